The quantitative estimate of drug-likeness (QED) is 0.448. The van der Waals surface area contributed by atoms with Crippen LogP contribution < -0.4 is 0 Å². The first-order valence-corrected chi connectivity index (χ1v) is 6.40. The number of esters is 1. The zero-order valence-electron chi connectivity index (χ0n) is 8.98. The highest BCUT2D eigenvalue weighted by atomic mass is 31.2. The van der Waals surface area contributed by atoms with Crippen LogP contribution in [0.2, 0.25) is 0 Å². The summed E-state index contributed by atoms with van der Waals surface area (Å²) in [5, 5.41) is 0. The smallest absolute Gasteiger partial charge is 0.463 e. The van der Waals surface area contributed by atoms with E-state index in [1.165, 1.54) is 0 Å². The lowest BCUT2D eigenvalue weighted by molar-refractivity contribution is -0.143. The molecule has 1 aromatic carbocycles. The summed E-state index contributed by atoms with van der Waals surface area (Å²) in [5.74, 6) is -0.467. The van der Waals surface area contributed by atoms with Crippen LogP contribution in [0.15, 0.2) is 30.3 Å². The molecule has 0 unspecified atom stereocenters. The predicted octanol–water partition coefficient (Wildman–Crippen LogP) is 0.882. The minimum absolute atomic E-state index is 0.122. The Balaban J connectivity index is 2.20. The molecule has 17 heavy (non-hydrogen) atoms. The molecule has 1 aromatic rings. The van der Waals surface area contributed by atoms with E-state index in [9.17, 15) is 9.36 Å². The molecule has 0 saturated carbocycles. The Bertz CT molecular complexity index is 399. The van der Waals surface area contributed by atoms with Gasteiger partial charge in [-0.3, -0.25) is 9.32 Å². The molecule has 0 saturated heterocycles. The normalized spacial score (nSPS) is 11.2. The number of carbonyl (C=O) groups is 1. The maximum atomic E-state index is 11.3. The molecular weight excluding hydrogens is 247 g/mol. The summed E-state index contributed by atoms with van der Waals surface area (Å²) in [6.07, 6.45) is 0.122. The molecule has 0 bridgehead atoms. The van der Waals surface area contributed by atoms with Crippen LogP contribution in [0.4, 0.5) is 0 Å². The van der Waals surface area contributed by atoms with Crippen molar-refractivity contribution in [3.8, 4) is 0 Å². The average molecular weight is 260 g/mol. The first kappa shape index (κ1) is 13.9. The molecule has 0 spiro atoms. The van der Waals surface area contributed by atoms with Crippen LogP contribution in [-0.4, -0.2) is 29.0 Å². The number of ether oxygens (including phenoxy) is 1. The molecule has 0 fully saturated rings. The van der Waals surface area contributed by atoms with Gasteiger partial charge in [-0.05, 0) is 5.56 Å². The summed E-state index contributed by atoms with van der Waals surface area (Å²) in [6.45, 7) is -0.512. The molecule has 6 nitrogen and oxygen atoms in total. The molecule has 2 N–H and O–H groups in total. The molecule has 1 rings (SSSR count). The third-order valence-electron chi connectivity index (χ3n) is 1.80. The molecule has 0 amide bonds. The molecule has 94 valence electrons. The molecule has 0 aromatic heterocycles. The zero-order chi connectivity index (χ0) is 12.7. The van der Waals surface area contributed by atoms with Gasteiger partial charge in [0.05, 0.1) is 13.0 Å². The van der Waals surface area contributed by atoms with Crippen molar-refractivity contribution in [2.45, 2.75) is 6.42 Å². The summed E-state index contributed by atoms with van der Waals surface area (Å²) in [5.41, 5.74) is 0.813. The zero-order valence-corrected chi connectivity index (χ0v) is 9.88. The second kappa shape index (κ2) is 6.51. The lowest BCUT2D eigenvalue weighted by Gasteiger charge is -2.06. The van der Waals surface area contributed by atoms with Crippen molar-refractivity contribution < 1.29 is 28.4 Å². The number of phosphoric ester groups is 1. The fourth-order valence-corrected chi connectivity index (χ4v) is 1.44. The predicted molar refractivity (Wildman–Crippen MR) is 59.1 cm³/mol. The fourth-order valence-electron chi connectivity index (χ4n) is 1.13. The van der Waals surface area contributed by atoms with Crippen LogP contribution in [-0.2, 0) is 25.0 Å². The molecule has 0 aliphatic rings. The van der Waals surface area contributed by atoms with E-state index in [1.54, 1.807) is 24.3 Å². The highest BCUT2D eigenvalue weighted by Gasteiger charge is 2.13. The third-order valence-corrected chi connectivity index (χ3v) is 2.32. The van der Waals surface area contributed by atoms with Crippen LogP contribution in [0.25, 0.3) is 0 Å². The minimum Gasteiger partial charge on any atom is -0.463 e. The van der Waals surface area contributed by atoms with Gasteiger partial charge in [0.1, 0.15) is 6.61 Å². The standard InChI is InChI=1S/C10H13O6P/c11-10(8-9-4-2-1-3-5-9)15-6-7-16-17(12,13)14/h1-5H,6-8H2,(H2,12,13,14). The highest BCUT2D eigenvalue weighted by molar-refractivity contribution is 7.46. The number of hydrogen-bond acceptors (Lipinski definition) is 4. The molecule has 7 heteroatoms. The Kier molecular flexibility index (Phi) is 5.31. The first-order valence-electron chi connectivity index (χ1n) is 4.87. The van der Waals surface area contributed by atoms with Gasteiger partial charge >= 0.3 is 13.8 Å². The van der Waals surface area contributed by atoms with Crippen LogP contribution in [0, 0.1) is 0 Å². The molecular formula is C10H13O6P. The van der Waals surface area contributed by atoms with Gasteiger partial charge in [0, 0.05) is 0 Å². The summed E-state index contributed by atoms with van der Waals surface area (Å²) in [4.78, 5) is 28.0. The van der Waals surface area contributed by atoms with Crippen molar-refractivity contribution in [2.24, 2.45) is 0 Å². The van der Waals surface area contributed by atoms with E-state index >= 15 is 0 Å². The molecule has 0 aliphatic heterocycles. The Morgan fingerprint density at radius 1 is 1.18 bits per heavy atom. The van der Waals surface area contributed by atoms with E-state index in [1.807, 2.05) is 6.07 Å². The number of benzene rings is 1. The molecule has 0 radical (unpaired) electrons. The van der Waals surface area contributed by atoms with Crippen molar-refractivity contribution in [1.82, 2.24) is 0 Å². The van der Waals surface area contributed by atoms with E-state index in [-0.39, 0.29) is 19.6 Å². The fraction of sp³-hybridized carbons (Fsp3) is 0.300. The summed E-state index contributed by atoms with van der Waals surface area (Å²) < 4.78 is 19.2. The Morgan fingerprint density at radius 3 is 2.41 bits per heavy atom. The van der Waals surface area contributed by atoms with Gasteiger partial charge in [-0.2, -0.15) is 0 Å². The average Bonchev–Trinajstić information content (AvgIpc) is 2.25. The molecule has 0 atom stereocenters. The van der Waals surface area contributed by atoms with Gasteiger partial charge in [-0.1, -0.05) is 30.3 Å². The maximum Gasteiger partial charge on any atom is 0.469 e. The topological polar surface area (TPSA) is 93.1 Å². The van der Waals surface area contributed by atoms with Gasteiger partial charge in [0.15, 0.2) is 0 Å². The lowest BCUT2D eigenvalue weighted by Crippen LogP contribution is -2.12. The van der Waals surface area contributed by atoms with Gasteiger partial charge in [0.2, 0.25) is 0 Å². The van der Waals surface area contributed by atoms with E-state index in [2.05, 4.69) is 4.52 Å². The van der Waals surface area contributed by atoms with Crippen LogP contribution in [0.1, 0.15) is 5.56 Å². The van der Waals surface area contributed by atoms with E-state index in [0.29, 0.717) is 0 Å². The number of rotatable bonds is 6. The lowest BCUT2D eigenvalue weighted by atomic mass is 10.2. The first-order chi connectivity index (χ1) is 7.97. The Morgan fingerprint density at radius 2 is 1.82 bits per heavy atom. The summed E-state index contributed by atoms with van der Waals surface area (Å²) in [7, 11) is -4.48. The highest BCUT2D eigenvalue weighted by Crippen LogP contribution is 2.35. The van der Waals surface area contributed by atoms with Crippen molar-refractivity contribution in [3.63, 3.8) is 0 Å². The van der Waals surface area contributed by atoms with Gasteiger partial charge in [-0.25, -0.2) is 4.57 Å². The maximum absolute atomic E-state index is 11.3. The molecule has 0 heterocycles. The van der Waals surface area contributed by atoms with Gasteiger partial charge in [-0.15, -0.1) is 0 Å². The van der Waals surface area contributed by atoms with Crippen molar-refractivity contribution in [2.75, 3.05) is 13.2 Å². The largest absolute Gasteiger partial charge is 0.469 e. The Hall–Kier alpha value is -1.20. The van der Waals surface area contributed by atoms with Crippen LogP contribution in [0.3, 0.4) is 0 Å². The second-order valence-corrected chi connectivity index (χ2v) is 4.45. The second-order valence-electron chi connectivity index (χ2n) is 3.21. The van der Waals surface area contributed by atoms with Crippen LogP contribution >= 0.6 is 7.82 Å². The minimum atomic E-state index is -4.48. The van der Waals surface area contributed by atoms with Gasteiger partial charge in [0.25, 0.3) is 0 Å². The molecule has 0 aliphatic carbocycles. The number of phosphoric acid groups is 1. The summed E-state index contributed by atoms with van der Waals surface area (Å²) >= 11 is 0. The third kappa shape index (κ3) is 6.86. The van der Waals surface area contributed by atoms with Crippen molar-refractivity contribution in [1.29, 1.82) is 0 Å². The number of hydrogen-bond donors (Lipinski definition) is 2. The Labute approximate surface area is 98.4 Å². The van der Waals surface area contributed by atoms with Gasteiger partial charge < -0.3 is 14.5 Å². The van der Waals surface area contributed by atoms with Crippen LogP contribution in [0.5, 0.6) is 0 Å². The SMILES string of the molecule is O=C(Cc1ccccc1)OCCOP(=O)(O)O. The monoisotopic (exact) mass is 260 g/mol. The van der Waals surface area contributed by atoms with Crippen molar-refractivity contribution in [3.05, 3.63) is 35.9 Å². The van der Waals surface area contributed by atoms with E-state index in [4.69, 9.17) is 14.5 Å². The van der Waals surface area contributed by atoms with Crippen molar-refractivity contribution >= 4 is 13.8 Å². The number of carbonyl (C=O) groups excluding carboxylic acids is 1. The van der Waals surface area contributed by atoms with E-state index < -0.39 is 13.8 Å². The van der Waals surface area contributed by atoms with E-state index in [0.717, 1.165) is 5.56 Å². The summed E-state index contributed by atoms with van der Waals surface area (Å²) in [6, 6.07) is 9.02.